The minimum absolute atomic E-state index is 0.0434. The molecule has 0 spiro atoms. The molecule has 1 amide bonds. The molecule has 140 valence electrons. The number of hydrogen-bond acceptors (Lipinski definition) is 6. The summed E-state index contributed by atoms with van der Waals surface area (Å²) in [7, 11) is 0. The maximum Gasteiger partial charge on any atom is 0.438 e. The number of nitrogens with zero attached hydrogens (tertiary/aromatic N) is 4. The summed E-state index contributed by atoms with van der Waals surface area (Å²) in [5, 5.41) is 6.08. The largest absolute Gasteiger partial charge is 0.438 e. The van der Waals surface area contributed by atoms with E-state index in [1.54, 1.807) is 0 Å². The van der Waals surface area contributed by atoms with Gasteiger partial charge in [0.25, 0.3) is 5.91 Å². The molecule has 4 rings (SSSR count). The Balaban J connectivity index is 1.39. The third-order valence-electron chi connectivity index (χ3n) is 4.42. The molecule has 0 bridgehead atoms. The van der Waals surface area contributed by atoms with Gasteiger partial charge in [0.1, 0.15) is 12.5 Å². The number of benzene rings is 1. The Bertz CT molecular complexity index is 973. The van der Waals surface area contributed by atoms with E-state index in [2.05, 4.69) is 5.10 Å². The fraction of sp³-hybridized carbons (Fsp3) is 0.278. The third-order valence-corrected chi connectivity index (χ3v) is 5.28. The van der Waals surface area contributed by atoms with Gasteiger partial charge in [-0.1, -0.05) is 6.07 Å². The van der Waals surface area contributed by atoms with E-state index in [-0.39, 0.29) is 24.3 Å². The van der Waals surface area contributed by atoms with E-state index in [9.17, 15) is 14.0 Å². The van der Waals surface area contributed by atoms with E-state index >= 15 is 0 Å². The van der Waals surface area contributed by atoms with Gasteiger partial charge in [0.15, 0.2) is 0 Å². The molecule has 1 aliphatic heterocycles. The second kappa shape index (κ2) is 7.45. The van der Waals surface area contributed by atoms with Crippen molar-refractivity contribution in [3.63, 3.8) is 0 Å². The molecule has 1 aromatic carbocycles. The van der Waals surface area contributed by atoms with Crippen LogP contribution in [0.25, 0.3) is 11.5 Å². The standard InChI is InChI=1S/C18H17FN4O3S/c19-14-5-3-13(4-6-14)16-20-23(18(25)26-16)12-21-7-9-22(10-8-21)17(24)15-2-1-11-27-15/h1-6,11H,7-10,12H2. The summed E-state index contributed by atoms with van der Waals surface area (Å²) in [5.74, 6) is -0.727. The first-order chi connectivity index (χ1) is 13.1. The highest BCUT2D eigenvalue weighted by Crippen LogP contribution is 2.16. The van der Waals surface area contributed by atoms with Gasteiger partial charge in [-0.05, 0) is 35.7 Å². The predicted molar refractivity (Wildman–Crippen MR) is 98.0 cm³/mol. The van der Waals surface area contributed by atoms with E-state index in [1.165, 1.54) is 40.3 Å². The second-order valence-electron chi connectivity index (χ2n) is 6.21. The van der Waals surface area contributed by atoms with Crippen molar-refractivity contribution in [2.75, 3.05) is 26.2 Å². The van der Waals surface area contributed by atoms with Crippen molar-refractivity contribution in [1.29, 1.82) is 0 Å². The number of aromatic nitrogens is 2. The minimum Gasteiger partial charge on any atom is -0.388 e. The van der Waals surface area contributed by atoms with Crippen LogP contribution in [-0.4, -0.2) is 51.7 Å². The number of halogens is 1. The molecule has 0 saturated carbocycles. The summed E-state index contributed by atoms with van der Waals surface area (Å²) in [4.78, 5) is 29.0. The topological polar surface area (TPSA) is 71.6 Å². The Hall–Kier alpha value is -2.78. The lowest BCUT2D eigenvalue weighted by molar-refractivity contribution is 0.0586. The molecular weight excluding hydrogens is 371 g/mol. The highest BCUT2D eigenvalue weighted by atomic mass is 32.1. The van der Waals surface area contributed by atoms with Gasteiger partial charge in [0, 0.05) is 31.7 Å². The van der Waals surface area contributed by atoms with Crippen molar-refractivity contribution in [1.82, 2.24) is 19.6 Å². The lowest BCUT2D eigenvalue weighted by Crippen LogP contribution is -2.49. The normalized spacial score (nSPS) is 15.2. The molecule has 3 aromatic rings. The SMILES string of the molecule is O=C(c1cccs1)N1CCN(Cn2nc(-c3ccc(F)cc3)oc2=O)CC1. The van der Waals surface area contributed by atoms with Crippen LogP contribution in [0.5, 0.6) is 0 Å². The molecule has 0 aliphatic carbocycles. The molecule has 0 N–H and O–H groups in total. The van der Waals surface area contributed by atoms with Gasteiger partial charge >= 0.3 is 5.76 Å². The summed E-state index contributed by atoms with van der Waals surface area (Å²) < 4.78 is 19.4. The Labute approximate surface area is 158 Å². The molecule has 7 nitrogen and oxygen atoms in total. The van der Waals surface area contributed by atoms with Crippen molar-refractivity contribution in [3.8, 4) is 11.5 Å². The highest BCUT2D eigenvalue weighted by molar-refractivity contribution is 7.12. The lowest BCUT2D eigenvalue weighted by Gasteiger charge is -2.34. The van der Waals surface area contributed by atoms with Crippen LogP contribution in [0.15, 0.2) is 51.0 Å². The maximum atomic E-state index is 13.0. The number of thiophene rings is 1. The number of carbonyl (C=O) groups excluding carboxylic acids is 1. The average Bonchev–Trinajstić information content (AvgIpc) is 3.33. The molecule has 3 heterocycles. The van der Waals surface area contributed by atoms with Crippen molar-refractivity contribution < 1.29 is 13.6 Å². The zero-order valence-electron chi connectivity index (χ0n) is 14.4. The zero-order chi connectivity index (χ0) is 18.8. The molecule has 1 aliphatic rings. The monoisotopic (exact) mass is 388 g/mol. The van der Waals surface area contributed by atoms with Crippen molar-refractivity contribution in [2.24, 2.45) is 0 Å². The van der Waals surface area contributed by atoms with Gasteiger partial charge < -0.3 is 9.32 Å². The maximum absolute atomic E-state index is 13.0. The smallest absolute Gasteiger partial charge is 0.388 e. The molecule has 1 fully saturated rings. The van der Waals surface area contributed by atoms with Crippen molar-refractivity contribution in [3.05, 3.63) is 63.0 Å². The van der Waals surface area contributed by atoms with E-state index in [1.807, 2.05) is 27.3 Å². The Kier molecular flexibility index (Phi) is 4.87. The average molecular weight is 388 g/mol. The molecule has 1 saturated heterocycles. The molecule has 27 heavy (non-hydrogen) atoms. The quantitative estimate of drug-likeness (QED) is 0.685. The van der Waals surface area contributed by atoms with Crippen LogP contribution >= 0.6 is 11.3 Å². The molecule has 2 aromatic heterocycles. The van der Waals surface area contributed by atoms with Crippen LogP contribution in [0.4, 0.5) is 4.39 Å². The summed E-state index contributed by atoms with van der Waals surface area (Å²) in [6, 6.07) is 9.30. The van der Waals surface area contributed by atoms with Crippen LogP contribution in [0.2, 0.25) is 0 Å². The van der Waals surface area contributed by atoms with Gasteiger partial charge in [-0.3, -0.25) is 9.69 Å². The molecule has 0 unspecified atom stereocenters. The zero-order valence-corrected chi connectivity index (χ0v) is 15.2. The Morgan fingerprint density at radius 3 is 2.56 bits per heavy atom. The second-order valence-corrected chi connectivity index (χ2v) is 7.16. The van der Waals surface area contributed by atoms with Crippen molar-refractivity contribution >= 4 is 17.2 Å². The van der Waals surface area contributed by atoms with Gasteiger partial charge in [0.2, 0.25) is 5.89 Å². The van der Waals surface area contributed by atoms with Gasteiger partial charge in [0.05, 0.1) is 4.88 Å². The van der Waals surface area contributed by atoms with Crippen molar-refractivity contribution in [2.45, 2.75) is 6.67 Å². The molecule has 0 radical (unpaired) electrons. The van der Waals surface area contributed by atoms with Gasteiger partial charge in [-0.2, -0.15) is 4.68 Å². The Morgan fingerprint density at radius 1 is 1.15 bits per heavy atom. The Morgan fingerprint density at radius 2 is 1.89 bits per heavy atom. The lowest BCUT2D eigenvalue weighted by atomic mass is 10.2. The molecule has 9 heteroatoms. The fourth-order valence-electron chi connectivity index (χ4n) is 2.94. The highest BCUT2D eigenvalue weighted by Gasteiger charge is 2.23. The van der Waals surface area contributed by atoms with Gasteiger partial charge in [-0.25, -0.2) is 9.18 Å². The molecule has 0 atom stereocenters. The predicted octanol–water partition coefficient (Wildman–Crippen LogP) is 2.12. The van der Waals surface area contributed by atoms with E-state index in [0.29, 0.717) is 31.7 Å². The van der Waals surface area contributed by atoms with Crippen LogP contribution in [0.1, 0.15) is 9.67 Å². The number of amides is 1. The number of rotatable bonds is 4. The fourth-order valence-corrected chi connectivity index (χ4v) is 3.63. The first-order valence-electron chi connectivity index (χ1n) is 8.49. The van der Waals surface area contributed by atoms with E-state index in [0.717, 1.165) is 4.88 Å². The summed E-state index contributed by atoms with van der Waals surface area (Å²) in [6.07, 6.45) is 0. The van der Waals surface area contributed by atoms with E-state index < -0.39 is 5.76 Å². The summed E-state index contributed by atoms with van der Waals surface area (Å²) in [5.41, 5.74) is 0.540. The van der Waals surface area contributed by atoms with Crippen LogP contribution in [-0.2, 0) is 6.67 Å². The number of hydrogen-bond donors (Lipinski definition) is 0. The minimum atomic E-state index is -0.564. The van der Waals surface area contributed by atoms with Crippen LogP contribution < -0.4 is 5.76 Å². The first-order valence-corrected chi connectivity index (χ1v) is 9.37. The van der Waals surface area contributed by atoms with E-state index in [4.69, 9.17) is 4.42 Å². The van der Waals surface area contributed by atoms with Crippen LogP contribution in [0.3, 0.4) is 0 Å². The summed E-state index contributed by atoms with van der Waals surface area (Å²) >= 11 is 1.44. The third kappa shape index (κ3) is 3.83. The number of carbonyl (C=O) groups is 1. The van der Waals surface area contributed by atoms with Crippen LogP contribution in [0, 0.1) is 5.82 Å². The van der Waals surface area contributed by atoms with Gasteiger partial charge in [-0.15, -0.1) is 16.4 Å². The number of piperazine rings is 1. The first kappa shape index (κ1) is 17.6. The molecular formula is C18H17FN4O3S. The summed E-state index contributed by atoms with van der Waals surface area (Å²) in [6.45, 7) is 2.75.